The SMILES string of the molecule is O=C(OC(F)(F)C(F)(F)C(F)(F)C(F)(F)C(F)CC(F)(F)F)C(=C(F)C(F)(F)C(F)(F)C(F)(F)C(F)(F)C(F)(F)C(F)(F)C(F)(F)C(F)(F)F)C(F)(F)C(F)(F)F. The van der Waals surface area contributed by atoms with Crippen LogP contribution in [0.1, 0.15) is 6.42 Å². The fraction of sp³-hybridized carbons (Fsp3) is 0.850. The van der Waals surface area contributed by atoms with E-state index in [0.29, 0.717) is 0 Å². The van der Waals surface area contributed by atoms with Crippen molar-refractivity contribution in [2.45, 2.75) is 102 Å². The van der Waals surface area contributed by atoms with E-state index in [0.717, 1.165) is 0 Å². The number of carbonyl (C=O) groups excluding carboxylic acids is 1. The fourth-order valence-corrected chi connectivity index (χ4v) is 3.11. The van der Waals surface area contributed by atoms with Crippen LogP contribution in [0.5, 0.6) is 0 Å². The molecule has 0 aromatic rings. The van der Waals surface area contributed by atoms with Gasteiger partial charge in [0, 0.05) is 0 Å². The maximum absolute atomic E-state index is 14.3. The summed E-state index contributed by atoms with van der Waals surface area (Å²) in [5.41, 5.74) is -6.18. The minimum atomic E-state index is -9.86. The third kappa shape index (κ3) is 7.83. The Morgan fingerprint density at radius 3 is 1.02 bits per heavy atom. The maximum Gasteiger partial charge on any atom is 0.473 e. The molecular formula is C20H3F35O2. The van der Waals surface area contributed by atoms with E-state index < -0.39 is 120 Å². The molecule has 0 aliphatic carbocycles. The van der Waals surface area contributed by atoms with Crippen molar-refractivity contribution in [3.63, 3.8) is 0 Å². The first-order valence-corrected chi connectivity index (χ1v) is 12.1. The minimum Gasteiger partial charge on any atom is -0.392 e. The summed E-state index contributed by atoms with van der Waals surface area (Å²) in [6, 6.07) is 0. The first kappa shape index (κ1) is 53.8. The summed E-state index contributed by atoms with van der Waals surface area (Å²) in [6.45, 7) is 0. The number of carbonyl (C=O) groups is 1. The summed E-state index contributed by atoms with van der Waals surface area (Å²) in [5.74, 6) is -113. The van der Waals surface area contributed by atoms with Crippen molar-refractivity contribution in [1.82, 2.24) is 0 Å². The molecule has 0 heterocycles. The van der Waals surface area contributed by atoms with Crippen molar-refractivity contribution in [1.29, 1.82) is 0 Å². The monoisotopic (exact) mass is 940 g/mol. The second kappa shape index (κ2) is 13.9. The highest BCUT2D eigenvalue weighted by molar-refractivity contribution is 5.91. The number of allylic oxidation sites excluding steroid dienone is 1. The largest absolute Gasteiger partial charge is 0.473 e. The highest BCUT2D eigenvalue weighted by Gasteiger charge is 2.96. The van der Waals surface area contributed by atoms with Gasteiger partial charge in [0.2, 0.25) is 0 Å². The van der Waals surface area contributed by atoms with E-state index in [1.54, 1.807) is 0 Å². The molecule has 0 fully saturated rings. The molecule has 0 rings (SSSR count). The quantitative estimate of drug-likeness (QED) is 0.0929. The molecule has 0 aliphatic rings. The Hall–Kier alpha value is -3.24. The summed E-state index contributed by atoms with van der Waals surface area (Å²) >= 11 is 0. The van der Waals surface area contributed by atoms with Gasteiger partial charge in [0.05, 0.1) is 6.42 Å². The van der Waals surface area contributed by atoms with Gasteiger partial charge in [-0.2, -0.15) is 145 Å². The zero-order valence-electron chi connectivity index (χ0n) is 24.3. The van der Waals surface area contributed by atoms with Gasteiger partial charge in [-0.3, -0.25) is 0 Å². The van der Waals surface area contributed by atoms with Crippen molar-refractivity contribution in [3.8, 4) is 0 Å². The van der Waals surface area contributed by atoms with Gasteiger partial charge in [-0.05, 0) is 0 Å². The second-order valence-corrected chi connectivity index (χ2v) is 10.2. The lowest BCUT2D eigenvalue weighted by Crippen LogP contribution is -2.74. The molecule has 57 heavy (non-hydrogen) atoms. The molecule has 0 saturated carbocycles. The van der Waals surface area contributed by atoms with Gasteiger partial charge in [0.15, 0.2) is 17.6 Å². The van der Waals surface area contributed by atoms with Crippen LogP contribution in [-0.4, -0.2) is 102 Å². The molecule has 0 aliphatic heterocycles. The standard InChI is InChI=1S/C20H3F35O2/c21-2(1-6(23,24)25)7(26,27)10(32,33)17(46,47)20(54,55)57-5(56)3(8(28,29)18(48,49)50)4(22)9(30,31)11(34,35)12(36,37)13(38,39)14(40,41)15(42,43)16(44,45)19(51,52)53/h2H,1H2. The molecule has 1 unspecified atom stereocenters. The molecule has 2 nitrogen and oxygen atoms in total. The third-order valence-corrected chi connectivity index (χ3v) is 6.29. The van der Waals surface area contributed by atoms with Crippen LogP contribution in [0.2, 0.25) is 0 Å². The number of hydrogen-bond acceptors (Lipinski definition) is 2. The Morgan fingerprint density at radius 1 is 0.404 bits per heavy atom. The van der Waals surface area contributed by atoms with E-state index >= 15 is 0 Å². The fourth-order valence-electron chi connectivity index (χ4n) is 3.11. The van der Waals surface area contributed by atoms with E-state index in [4.69, 9.17) is 0 Å². The number of rotatable bonds is 15. The lowest BCUT2D eigenvalue weighted by molar-refractivity contribution is -0.460. The lowest BCUT2D eigenvalue weighted by atomic mass is 9.88. The van der Waals surface area contributed by atoms with Crippen molar-refractivity contribution < 1.29 is 163 Å². The van der Waals surface area contributed by atoms with Crippen LogP contribution in [0.3, 0.4) is 0 Å². The van der Waals surface area contributed by atoms with Crippen LogP contribution in [0.15, 0.2) is 11.4 Å². The first-order chi connectivity index (χ1) is 24.0. The van der Waals surface area contributed by atoms with Gasteiger partial charge < -0.3 is 4.74 Å². The summed E-state index contributed by atoms with van der Waals surface area (Å²) < 4.78 is 467. The summed E-state index contributed by atoms with van der Waals surface area (Å²) in [5, 5.41) is 0. The number of halogens is 35. The molecule has 0 aromatic heterocycles. The zero-order valence-corrected chi connectivity index (χ0v) is 24.3. The van der Waals surface area contributed by atoms with E-state index in [1.165, 1.54) is 4.74 Å². The summed E-state index contributed by atoms with van der Waals surface area (Å²) in [4.78, 5) is 11.5. The number of hydrogen-bond donors (Lipinski definition) is 0. The van der Waals surface area contributed by atoms with E-state index in [2.05, 4.69) is 0 Å². The summed E-state index contributed by atoms with van der Waals surface area (Å²) in [7, 11) is 0. The molecule has 1 atom stereocenters. The molecule has 0 radical (unpaired) electrons. The van der Waals surface area contributed by atoms with Crippen LogP contribution in [-0.2, 0) is 9.53 Å². The molecule has 37 heteroatoms. The smallest absolute Gasteiger partial charge is 0.392 e. The third-order valence-electron chi connectivity index (χ3n) is 6.29. The maximum atomic E-state index is 14.3. The van der Waals surface area contributed by atoms with Crippen molar-refractivity contribution in [2.75, 3.05) is 0 Å². The molecule has 0 amide bonds. The highest BCUT2D eigenvalue weighted by Crippen LogP contribution is 2.65. The van der Waals surface area contributed by atoms with Gasteiger partial charge in [0.1, 0.15) is 0 Å². The Bertz CT molecular complexity index is 1500. The molecular weight excluding hydrogens is 937 g/mol. The Kier molecular flexibility index (Phi) is 13.1. The summed E-state index contributed by atoms with van der Waals surface area (Å²) in [6.07, 6.45) is -42.0. The molecule has 0 spiro atoms. The molecule has 0 aromatic carbocycles. The van der Waals surface area contributed by atoms with Gasteiger partial charge in [-0.15, -0.1) is 0 Å². The average molecular weight is 940 g/mol. The van der Waals surface area contributed by atoms with Gasteiger partial charge in [-0.1, -0.05) is 0 Å². The Morgan fingerprint density at radius 2 is 0.719 bits per heavy atom. The van der Waals surface area contributed by atoms with E-state index in [-0.39, 0.29) is 0 Å². The Labute approximate surface area is 284 Å². The first-order valence-electron chi connectivity index (χ1n) is 12.1. The van der Waals surface area contributed by atoms with Gasteiger partial charge in [0.25, 0.3) is 0 Å². The number of alkyl halides is 34. The average Bonchev–Trinajstić information content (AvgIpc) is 2.93. The lowest BCUT2D eigenvalue weighted by Gasteiger charge is -2.42. The van der Waals surface area contributed by atoms with E-state index in [9.17, 15) is 158 Å². The molecule has 340 valence electrons. The van der Waals surface area contributed by atoms with Crippen molar-refractivity contribution >= 4 is 5.97 Å². The van der Waals surface area contributed by atoms with Crippen LogP contribution in [0, 0.1) is 0 Å². The predicted octanol–water partition coefficient (Wildman–Crippen LogP) is 11.7. The van der Waals surface area contributed by atoms with Gasteiger partial charge >= 0.3 is 95.8 Å². The van der Waals surface area contributed by atoms with Crippen molar-refractivity contribution in [3.05, 3.63) is 11.4 Å². The number of esters is 1. The number of ether oxygens (including phenoxy) is 1. The van der Waals surface area contributed by atoms with Crippen LogP contribution in [0.4, 0.5) is 154 Å². The van der Waals surface area contributed by atoms with Crippen LogP contribution < -0.4 is 0 Å². The zero-order chi connectivity index (χ0) is 47.2. The van der Waals surface area contributed by atoms with Gasteiger partial charge in [-0.25, -0.2) is 13.6 Å². The van der Waals surface area contributed by atoms with Crippen LogP contribution in [0.25, 0.3) is 0 Å². The molecule has 0 saturated heterocycles. The highest BCUT2D eigenvalue weighted by atomic mass is 19.4. The second-order valence-electron chi connectivity index (χ2n) is 10.2. The molecule has 0 N–H and O–H groups in total. The predicted molar refractivity (Wildman–Crippen MR) is 101 cm³/mol. The van der Waals surface area contributed by atoms with Crippen LogP contribution >= 0.6 is 0 Å². The van der Waals surface area contributed by atoms with Crippen molar-refractivity contribution in [2.24, 2.45) is 0 Å². The van der Waals surface area contributed by atoms with E-state index in [1.807, 2.05) is 0 Å². The normalized spacial score (nSPS) is 17.4. The Balaban J connectivity index is 7.96. The topological polar surface area (TPSA) is 26.3 Å². The minimum absolute atomic E-state index is 1.28. The molecule has 0 bridgehead atoms.